The van der Waals surface area contributed by atoms with E-state index in [4.69, 9.17) is 23.2 Å². The number of carbonyl (C=O) groups is 2. The highest BCUT2D eigenvalue weighted by molar-refractivity contribution is 6.31. The number of aromatic nitrogens is 1. The highest BCUT2D eigenvalue weighted by Gasteiger charge is 2.08. The van der Waals surface area contributed by atoms with E-state index in [-0.39, 0.29) is 30.3 Å². The topological polar surface area (TPSA) is 80.2 Å². The minimum atomic E-state index is -0.284. The van der Waals surface area contributed by atoms with Crippen molar-refractivity contribution >= 4 is 40.7 Å². The number of carbonyl (C=O) groups excluding carboxylic acids is 2. The Balaban J connectivity index is 1.55. The monoisotopic (exact) mass is 443 g/mol. The standard InChI is InChI=1S/C22H19Cl2N3O3/c23-17-7-5-15(6-8-17)22(30)25-12-11-20(28)26-18-9-10-21(29)27(14-18)13-16-3-1-2-4-19(16)24/h1-10,14H,11-13H2,(H,25,30)(H,26,28). The number of benzene rings is 2. The molecule has 1 heterocycles. The van der Waals surface area contributed by atoms with Gasteiger partial charge < -0.3 is 15.2 Å². The third-order valence-electron chi connectivity index (χ3n) is 4.31. The van der Waals surface area contributed by atoms with Crippen molar-refractivity contribution in [3.63, 3.8) is 0 Å². The second-order valence-corrected chi connectivity index (χ2v) is 7.38. The molecule has 0 aliphatic rings. The minimum absolute atomic E-state index is 0.0863. The first-order valence-electron chi connectivity index (χ1n) is 9.20. The van der Waals surface area contributed by atoms with Gasteiger partial charge in [-0.3, -0.25) is 14.4 Å². The maximum atomic E-state index is 12.2. The van der Waals surface area contributed by atoms with E-state index in [1.54, 1.807) is 36.5 Å². The fraction of sp³-hybridized carbons (Fsp3) is 0.136. The van der Waals surface area contributed by atoms with Crippen molar-refractivity contribution in [3.8, 4) is 0 Å². The van der Waals surface area contributed by atoms with Gasteiger partial charge in [-0.05, 0) is 42.0 Å². The third kappa shape index (κ3) is 5.95. The van der Waals surface area contributed by atoms with E-state index < -0.39 is 0 Å². The van der Waals surface area contributed by atoms with Crippen LogP contribution in [0.15, 0.2) is 71.7 Å². The smallest absolute Gasteiger partial charge is 0.251 e. The van der Waals surface area contributed by atoms with Gasteiger partial charge in [0.15, 0.2) is 0 Å². The Morgan fingerprint density at radius 3 is 2.40 bits per heavy atom. The molecule has 3 rings (SSSR count). The van der Waals surface area contributed by atoms with Crippen molar-refractivity contribution in [3.05, 3.63) is 98.4 Å². The van der Waals surface area contributed by atoms with Gasteiger partial charge >= 0.3 is 0 Å². The zero-order valence-corrected chi connectivity index (χ0v) is 17.4. The van der Waals surface area contributed by atoms with Crippen LogP contribution in [0.25, 0.3) is 0 Å². The molecule has 0 fully saturated rings. The number of rotatable bonds is 7. The Morgan fingerprint density at radius 1 is 0.933 bits per heavy atom. The van der Waals surface area contributed by atoms with Crippen LogP contribution in [0.3, 0.4) is 0 Å². The van der Waals surface area contributed by atoms with E-state index in [0.29, 0.717) is 27.8 Å². The molecule has 0 saturated heterocycles. The number of halogens is 2. The molecule has 3 aromatic rings. The lowest BCUT2D eigenvalue weighted by atomic mass is 10.2. The third-order valence-corrected chi connectivity index (χ3v) is 4.93. The predicted molar refractivity (Wildman–Crippen MR) is 118 cm³/mol. The van der Waals surface area contributed by atoms with Crippen LogP contribution in [-0.4, -0.2) is 22.9 Å². The van der Waals surface area contributed by atoms with E-state index in [1.165, 1.54) is 16.7 Å². The van der Waals surface area contributed by atoms with Crippen molar-refractivity contribution in [2.45, 2.75) is 13.0 Å². The van der Waals surface area contributed by atoms with Gasteiger partial charge in [0.05, 0.1) is 12.2 Å². The SMILES string of the molecule is O=C(CCNC(=O)c1ccc(Cl)cc1)Nc1ccc(=O)n(Cc2ccccc2Cl)c1. The van der Waals surface area contributed by atoms with Crippen LogP contribution in [-0.2, 0) is 11.3 Å². The Kier molecular flexibility index (Phi) is 7.27. The molecule has 0 spiro atoms. The molecule has 0 aliphatic carbocycles. The summed E-state index contributed by atoms with van der Waals surface area (Å²) in [5.74, 6) is -0.567. The number of hydrogen-bond acceptors (Lipinski definition) is 3. The maximum absolute atomic E-state index is 12.2. The highest BCUT2D eigenvalue weighted by atomic mass is 35.5. The molecule has 2 amide bonds. The molecule has 0 saturated carbocycles. The van der Waals surface area contributed by atoms with Crippen LogP contribution >= 0.6 is 23.2 Å². The first kappa shape index (κ1) is 21.6. The molecule has 0 atom stereocenters. The van der Waals surface area contributed by atoms with Crippen LogP contribution in [0, 0.1) is 0 Å². The number of nitrogens with zero attached hydrogens (tertiary/aromatic N) is 1. The summed E-state index contributed by atoms with van der Waals surface area (Å²) in [6.07, 6.45) is 1.65. The Labute approximate surface area is 183 Å². The molecule has 0 bridgehead atoms. The fourth-order valence-electron chi connectivity index (χ4n) is 2.76. The lowest BCUT2D eigenvalue weighted by Crippen LogP contribution is -2.28. The number of hydrogen-bond donors (Lipinski definition) is 2. The van der Waals surface area contributed by atoms with Crippen LogP contribution in [0.4, 0.5) is 5.69 Å². The number of amides is 2. The van der Waals surface area contributed by atoms with E-state index in [1.807, 2.05) is 18.2 Å². The van der Waals surface area contributed by atoms with Crippen molar-refractivity contribution < 1.29 is 9.59 Å². The van der Waals surface area contributed by atoms with Crippen LogP contribution in [0.5, 0.6) is 0 Å². The van der Waals surface area contributed by atoms with Crippen LogP contribution in [0.2, 0.25) is 10.0 Å². The average Bonchev–Trinajstić information content (AvgIpc) is 2.72. The van der Waals surface area contributed by atoms with Crippen LogP contribution < -0.4 is 16.2 Å². The van der Waals surface area contributed by atoms with E-state index >= 15 is 0 Å². The predicted octanol–water partition coefficient (Wildman–Crippen LogP) is 3.96. The molecular formula is C22H19Cl2N3O3. The molecule has 2 aromatic carbocycles. The Morgan fingerprint density at radius 2 is 1.67 bits per heavy atom. The summed E-state index contributed by atoms with van der Waals surface area (Å²) < 4.78 is 1.47. The molecule has 154 valence electrons. The number of nitrogens with one attached hydrogen (secondary N) is 2. The van der Waals surface area contributed by atoms with Gasteiger partial charge in [-0.15, -0.1) is 0 Å². The van der Waals surface area contributed by atoms with Crippen molar-refractivity contribution in [2.75, 3.05) is 11.9 Å². The normalized spacial score (nSPS) is 10.5. The van der Waals surface area contributed by atoms with Crippen LogP contribution in [0.1, 0.15) is 22.3 Å². The molecule has 1 aromatic heterocycles. The second kappa shape index (κ2) is 10.1. The largest absolute Gasteiger partial charge is 0.352 e. The molecule has 0 aliphatic heterocycles. The molecule has 0 radical (unpaired) electrons. The lowest BCUT2D eigenvalue weighted by molar-refractivity contribution is -0.116. The van der Waals surface area contributed by atoms with Gasteiger partial charge in [0.1, 0.15) is 0 Å². The van der Waals surface area contributed by atoms with Gasteiger partial charge in [0, 0.05) is 40.8 Å². The summed E-state index contributed by atoms with van der Waals surface area (Å²) in [7, 11) is 0. The van der Waals surface area contributed by atoms with Gasteiger partial charge in [0.25, 0.3) is 11.5 Å². The molecule has 2 N–H and O–H groups in total. The number of pyridine rings is 1. The van der Waals surface area contributed by atoms with Crippen molar-refractivity contribution in [2.24, 2.45) is 0 Å². The summed E-state index contributed by atoms with van der Waals surface area (Å²) in [4.78, 5) is 36.4. The van der Waals surface area contributed by atoms with Gasteiger partial charge in [-0.25, -0.2) is 0 Å². The Hall–Kier alpha value is -3.09. The van der Waals surface area contributed by atoms with E-state index in [9.17, 15) is 14.4 Å². The quantitative estimate of drug-likeness (QED) is 0.579. The zero-order chi connectivity index (χ0) is 21.5. The summed E-state index contributed by atoms with van der Waals surface area (Å²) in [6, 6.07) is 16.6. The van der Waals surface area contributed by atoms with Gasteiger partial charge in [-0.2, -0.15) is 0 Å². The fourth-order valence-corrected chi connectivity index (χ4v) is 3.08. The van der Waals surface area contributed by atoms with Crippen molar-refractivity contribution in [1.82, 2.24) is 9.88 Å². The summed E-state index contributed by atoms with van der Waals surface area (Å²) in [6.45, 7) is 0.464. The summed E-state index contributed by atoms with van der Waals surface area (Å²) >= 11 is 12.0. The minimum Gasteiger partial charge on any atom is -0.352 e. The van der Waals surface area contributed by atoms with Crippen molar-refractivity contribution in [1.29, 1.82) is 0 Å². The van der Waals surface area contributed by atoms with Gasteiger partial charge in [0.2, 0.25) is 5.91 Å². The number of anilines is 1. The average molecular weight is 444 g/mol. The lowest BCUT2D eigenvalue weighted by Gasteiger charge is -2.11. The zero-order valence-electron chi connectivity index (χ0n) is 15.9. The van der Waals surface area contributed by atoms with Gasteiger partial charge in [-0.1, -0.05) is 41.4 Å². The highest BCUT2D eigenvalue weighted by Crippen LogP contribution is 2.16. The first-order chi connectivity index (χ1) is 14.4. The van der Waals surface area contributed by atoms with E-state index in [0.717, 1.165) is 5.56 Å². The summed E-state index contributed by atoms with van der Waals surface area (Å²) in [5.41, 5.74) is 1.54. The first-order valence-corrected chi connectivity index (χ1v) is 9.95. The molecular weight excluding hydrogens is 425 g/mol. The molecule has 0 unspecified atom stereocenters. The molecule has 6 nitrogen and oxygen atoms in total. The molecule has 8 heteroatoms. The van der Waals surface area contributed by atoms with E-state index in [2.05, 4.69) is 10.6 Å². The summed E-state index contributed by atoms with van der Waals surface area (Å²) in [5, 5.41) is 6.52. The maximum Gasteiger partial charge on any atom is 0.251 e. The molecule has 30 heavy (non-hydrogen) atoms. The second-order valence-electron chi connectivity index (χ2n) is 6.54. The Bertz CT molecular complexity index is 1110.